The summed E-state index contributed by atoms with van der Waals surface area (Å²) in [6.07, 6.45) is 1.57. The predicted octanol–water partition coefficient (Wildman–Crippen LogP) is 1.60. The molecule has 6 heteroatoms. The number of hydrogen-bond acceptors (Lipinski definition) is 5. The summed E-state index contributed by atoms with van der Waals surface area (Å²) in [5.74, 6) is 0.710. The summed E-state index contributed by atoms with van der Waals surface area (Å²) in [6.45, 7) is 0. The van der Waals surface area contributed by atoms with Gasteiger partial charge in [0.2, 0.25) is 0 Å². The van der Waals surface area contributed by atoms with Crippen LogP contribution in [0.5, 0.6) is 0 Å². The van der Waals surface area contributed by atoms with E-state index in [1.807, 2.05) is 36.4 Å². The molecule has 0 atom stereocenters. The Morgan fingerprint density at radius 1 is 1.00 bits per heavy atom. The van der Waals surface area contributed by atoms with Gasteiger partial charge in [0.15, 0.2) is 0 Å². The lowest BCUT2D eigenvalue weighted by molar-refractivity contribution is 0.425. The minimum Gasteiger partial charge on any atom is -0.423 e. The molecule has 3 rings (SSSR count). The SMILES string of the molecule is OB(O)c1cccc(CSc2ncnc3ccccc23)c1. The third-order valence-corrected chi connectivity index (χ3v) is 4.21. The second-order valence-electron chi connectivity index (χ2n) is 4.60. The fourth-order valence-corrected chi connectivity index (χ4v) is 3.02. The Balaban J connectivity index is 1.82. The first-order valence-corrected chi connectivity index (χ1v) is 7.50. The van der Waals surface area contributed by atoms with Crippen molar-refractivity contribution in [2.75, 3.05) is 0 Å². The summed E-state index contributed by atoms with van der Waals surface area (Å²) in [5.41, 5.74) is 2.45. The second kappa shape index (κ2) is 6.26. The Labute approximate surface area is 127 Å². The van der Waals surface area contributed by atoms with Crippen molar-refractivity contribution in [2.45, 2.75) is 10.8 Å². The molecule has 0 unspecified atom stereocenters. The van der Waals surface area contributed by atoms with E-state index in [1.165, 1.54) is 0 Å². The van der Waals surface area contributed by atoms with Crippen LogP contribution in [-0.4, -0.2) is 27.1 Å². The standard InChI is InChI=1S/C15H13BN2O2S/c19-16(20)12-5-3-4-11(8-12)9-21-15-13-6-1-2-7-14(13)17-10-18-15/h1-8,10,19-20H,9H2. The van der Waals surface area contributed by atoms with Gasteiger partial charge in [0.25, 0.3) is 0 Å². The van der Waals surface area contributed by atoms with Crippen LogP contribution in [0.4, 0.5) is 0 Å². The molecule has 0 amide bonds. The Bertz CT molecular complexity index is 762. The highest BCUT2D eigenvalue weighted by atomic mass is 32.2. The zero-order chi connectivity index (χ0) is 14.7. The summed E-state index contributed by atoms with van der Waals surface area (Å²) < 4.78 is 0. The van der Waals surface area contributed by atoms with Gasteiger partial charge in [0.1, 0.15) is 11.4 Å². The number of aromatic nitrogens is 2. The van der Waals surface area contributed by atoms with E-state index in [-0.39, 0.29) is 0 Å². The van der Waals surface area contributed by atoms with E-state index in [1.54, 1.807) is 30.2 Å². The van der Waals surface area contributed by atoms with Gasteiger partial charge < -0.3 is 10.0 Å². The second-order valence-corrected chi connectivity index (χ2v) is 5.57. The zero-order valence-electron chi connectivity index (χ0n) is 11.2. The van der Waals surface area contributed by atoms with Gasteiger partial charge in [-0.15, -0.1) is 11.8 Å². The molecule has 3 aromatic rings. The molecule has 0 aliphatic carbocycles. The minimum atomic E-state index is -1.44. The quantitative estimate of drug-likeness (QED) is 0.435. The number of para-hydroxylation sites is 1. The van der Waals surface area contributed by atoms with Crippen molar-refractivity contribution < 1.29 is 10.0 Å². The van der Waals surface area contributed by atoms with Crippen LogP contribution in [0.15, 0.2) is 59.9 Å². The molecule has 0 aliphatic rings. The first-order valence-electron chi connectivity index (χ1n) is 6.51. The van der Waals surface area contributed by atoms with E-state index in [4.69, 9.17) is 0 Å². The van der Waals surface area contributed by atoms with Gasteiger partial charge >= 0.3 is 7.12 Å². The molecule has 1 aromatic heterocycles. The Hall–Kier alpha value is -1.89. The average Bonchev–Trinajstić information content (AvgIpc) is 2.53. The number of nitrogens with zero attached hydrogens (tertiary/aromatic N) is 2. The third-order valence-electron chi connectivity index (χ3n) is 3.13. The Kier molecular flexibility index (Phi) is 4.19. The van der Waals surface area contributed by atoms with E-state index in [2.05, 4.69) is 9.97 Å². The van der Waals surface area contributed by atoms with Gasteiger partial charge in [0.05, 0.1) is 5.52 Å². The molecule has 104 valence electrons. The molecule has 0 saturated carbocycles. The van der Waals surface area contributed by atoms with Gasteiger partial charge in [-0.3, -0.25) is 0 Å². The number of thioether (sulfide) groups is 1. The van der Waals surface area contributed by atoms with Crippen LogP contribution in [0.1, 0.15) is 5.56 Å². The molecule has 0 aliphatic heterocycles. The smallest absolute Gasteiger partial charge is 0.423 e. The lowest BCUT2D eigenvalue weighted by atomic mass is 9.80. The van der Waals surface area contributed by atoms with Crippen LogP contribution >= 0.6 is 11.8 Å². The Morgan fingerprint density at radius 2 is 1.86 bits per heavy atom. The summed E-state index contributed by atoms with van der Waals surface area (Å²) in [6, 6.07) is 15.2. The maximum atomic E-state index is 9.20. The van der Waals surface area contributed by atoms with Crippen LogP contribution < -0.4 is 5.46 Å². The van der Waals surface area contributed by atoms with E-state index >= 15 is 0 Å². The van der Waals surface area contributed by atoms with Gasteiger partial charge in [-0.05, 0) is 17.1 Å². The Morgan fingerprint density at radius 3 is 2.71 bits per heavy atom. The monoisotopic (exact) mass is 296 g/mol. The fraction of sp³-hybridized carbons (Fsp3) is 0.0667. The van der Waals surface area contributed by atoms with Crippen LogP contribution in [0.3, 0.4) is 0 Å². The summed E-state index contributed by atoms with van der Waals surface area (Å²) in [5, 5.41) is 20.4. The first-order chi connectivity index (χ1) is 10.2. The maximum absolute atomic E-state index is 9.20. The summed E-state index contributed by atoms with van der Waals surface area (Å²) in [7, 11) is -1.44. The van der Waals surface area contributed by atoms with E-state index < -0.39 is 7.12 Å². The van der Waals surface area contributed by atoms with Crippen molar-refractivity contribution in [3.8, 4) is 0 Å². The largest absolute Gasteiger partial charge is 0.488 e. The zero-order valence-corrected chi connectivity index (χ0v) is 12.0. The molecule has 0 saturated heterocycles. The first kappa shape index (κ1) is 14.1. The van der Waals surface area contributed by atoms with Crippen LogP contribution in [0.2, 0.25) is 0 Å². The van der Waals surface area contributed by atoms with Gasteiger partial charge in [-0.1, -0.05) is 42.5 Å². The van der Waals surface area contributed by atoms with Crippen molar-refractivity contribution in [1.29, 1.82) is 0 Å². The molecule has 2 N–H and O–H groups in total. The van der Waals surface area contributed by atoms with Gasteiger partial charge in [-0.2, -0.15) is 0 Å². The van der Waals surface area contributed by atoms with Crippen molar-refractivity contribution in [2.24, 2.45) is 0 Å². The predicted molar refractivity (Wildman–Crippen MR) is 85.4 cm³/mol. The van der Waals surface area contributed by atoms with Crippen LogP contribution in [0.25, 0.3) is 10.9 Å². The molecule has 21 heavy (non-hydrogen) atoms. The summed E-state index contributed by atoms with van der Waals surface area (Å²) in [4.78, 5) is 8.58. The van der Waals surface area contributed by atoms with E-state index in [0.717, 1.165) is 21.5 Å². The van der Waals surface area contributed by atoms with Gasteiger partial charge in [-0.25, -0.2) is 9.97 Å². The lowest BCUT2D eigenvalue weighted by Gasteiger charge is -2.06. The van der Waals surface area contributed by atoms with Crippen LogP contribution in [-0.2, 0) is 5.75 Å². The molecule has 0 fully saturated rings. The van der Waals surface area contributed by atoms with Gasteiger partial charge in [0, 0.05) is 11.1 Å². The number of benzene rings is 2. The van der Waals surface area contributed by atoms with E-state index in [9.17, 15) is 10.0 Å². The van der Waals surface area contributed by atoms with Crippen molar-refractivity contribution in [3.63, 3.8) is 0 Å². The fourth-order valence-electron chi connectivity index (χ4n) is 2.09. The highest BCUT2D eigenvalue weighted by molar-refractivity contribution is 7.98. The number of rotatable bonds is 4. The molecule has 0 bridgehead atoms. The number of fused-ring (bicyclic) bond motifs is 1. The highest BCUT2D eigenvalue weighted by Gasteiger charge is 2.11. The lowest BCUT2D eigenvalue weighted by Crippen LogP contribution is -2.29. The molecule has 0 radical (unpaired) electrons. The third kappa shape index (κ3) is 3.24. The molecular formula is C15H13BN2O2S. The number of hydrogen-bond donors (Lipinski definition) is 2. The molecule has 4 nitrogen and oxygen atoms in total. The van der Waals surface area contributed by atoms with E-state index in [0.29, 0.717) is 11.2 Å². The molecule has 2 aromatic carbocycles. The van der Waals surface area contributed by atoms with Crippen molar-refractivity contribution >= 4 is 35.2 Å². The van der Waals surface area contributed by atoms with Crippen molar-refractivity contribution in [3.05, 3.63) is 60.4 Å². The highest BCUT2D eigenvalue weighted by Crippen LogP contribution is 2.26. The average molecular weight is 296 g/mol. The molecule has 0 spiro atoms. The molecule has 1 heterocycles. The van der Waals surface area contributed by atoms with Crippen molar-refractivity contribution in [1.82, 2.24) is 9.97 Å². The minimum absolute atomic E-state index is 0.501. The normalized spacial score (nSPS) is 10.8. The maximum Gasteiger partial charge on any atom is 0.488 e. The van der Waals surface area contributed by atoms with Crippen LogP contribution in [0, 0.1) is 0 Å². The topological polar surface area (TPSA) is 66.2 Å². The molecular weight excluding hydrogens is 283 g/mol. The summed E-state index contributed by atoms with van der Waals surface area (Å²) >= 11 is 1.61.